The van der Waals surface area contributed by atoms with Crippen molar-refractivity contribution < 1.29 is 22.8 Å². The van der Waals surface area contributed by atoms with E-state index in [4.69, 9.17) is 0 Å². The molecule has 0 aliphatic rings. The molecule has 7 heteroatoms. The van der Waals surface area contributed by atoms with Crippen molar-refractivity contribution in [1.82, 2.24) is 4.98 Å². The van der Waals surface area contributed by atoms with Crippen LogP contribution in [0.5, 0.6) is 0 Å². The summed E-state index contributed by atoms with van der Waals surface area (Å²) >= 11 is 0. The Bertz CT molecular complexity index is 946. The lowest BCUT2D eigenvalue weighted by atomic mass is 10.1. The van der Waals surface area contributed by atoms with Gasteiger partial charge in [-0.05, 0) is 42.5 Å². The third-order valence-electron chi connectivity index (χ3n) is 3.45. The molecule has 0 spiro atoms. The Morgan fingerprint density at radius 3 is 2.16 bits per heavy atom. The van der Waals surface area contributed by atoms with Crippen molar-refractivity contribution in [2.75, 3.05) is 5.32 Å². The molecule has 0 saturated heterocycles. The first kappa shape index (κ1) is 16.5. The minimum atomic E-state index is -0.995. The summed E-state index contributed by atoms with van der Waals surface area (Å²) < 4.78 is 40.5. The molecule has 0 fully saturated rings. The number of H-pyrrole nitrogens is 1. The summed E-state index contributed by atoms with van der Waals surface area (Å²) in [4.78, 5) is 26.9. The molecule has 25 heavy (non-hydrogen) atoms. The Kier molecular flexibility index (Phi) is 4.38. The first-order valence-corrected chi connectivity index (χ1v) is 7.20. The molecule has 0 bridgehead atoms. The number of carbonyl (C=O) groups excluding carboxylic acids is 2. The topological polar surface area (TPSA) is 62.0 Å². The van der Waals surface area contributed by atoms with Crippen LogP contribution in [0.2, 0.25) is 0 Å². The van der Waals surface area contributed by atoms with Crippen molar-refractivity contribution in [3.8, 4) is 0 Å². The number of aromatic nitrogens is 1. The average Bonchev–Trinajstić information content (AvgIpc) is 3.04. The highest BCUT2D eigenvalue weighted by Crippen LogP contribution is 2.18. The Labute approximate surface area is 140 Å². The van der Waals surface area contributed by atoms with Crippen LogP contribution in [0.25, 0.3) is 0 Å². The molecule has 4 nitrogen and oxygen atoms in total. The number of hydrogen-bond acceptors (Lipinski definition) is 2. The molecule has 2 N–H and O–H groups in total. The summed E-state index contributed by atoms with van der Waals surface area (Å²) in [6.07, 6.45) is 0. The summed E-state index contributed by atoms with van der Waals surface area (Å²) in [5.41, 5.74) is -0.633. The largest absolute Gasteiger partial charge is 0.348 e. The quantitative estimate of drug-likeness (QED) is 0.705. The molecule has 1 amide bonds. The van der Waals surface area contributed by atoms with Gasteiger partial charge in [-0.15, -0.1) is 0 Å². The summed E-state index contributed by atoms with van der Waals surface area (Å²) in [5.74, 6) is -4.05. The van der Waals surface area contributed by atoms with Crippen LogP contribution in [0.4, 0.5) is 18.9 Å². The molecule has 0 unspecified atom stereocenters. The van der Waals surface area contributed by atoms with Gasteiger partial charge in [0.05, 0.1) is 11.3 Å². The second-order valence-electron chi connectivity index (χ2n) is 5.18. The van der Waals surface area contributed by atoms with Gasteiger partial charge in [0.15, 0.2) is 0 Å². The number of halogens is 3. The van der Waals surface area contributed by atoms with Crippen molar-refractivity contribution in [3.63, 3.8) is 0 Å². The highest BCUT2D eigenvalue weighted by molar-refractivity contribution is 6.10. The van der Waals surface area contributed by atoms with Gasteiger partial charge >= 0.3 is 0 Å². The number of anilines is 1. The number of carbonyl (C=O) groups is 2. The molecule has 0 aliphatic carbocycles. The molecule has 126 valence electrons. The summed E-state index contributed by atoms with van der Waals surface area (Å²) in [7, 11) is 0. The van der Waals surface area contributed by atoms with E-state index in [-0.39, 0.29) is 17.1 Å². The minimum Gasteiger partial charge on any atom is -0.348 e. The maximum atomic E-state index is 13.7. The summed E-state index contributed by atoms with van der Waals surface area (Å²) in [6, 6.07) is 10.9. The highest BCUT2D eigenvalue weighted by Gasteiger charge is 2.21. The second-order valence-corrected chi connectivity index (χ2v) is 5.18. The predicted octanol–water partition coefficient (Wildman–Crippen LogP) is 3.92. The monoisotopic (exact) mass is 344 g/mol. The fraction of sp³-hybridized carbons (Fsp3) is 0. The lowest BCUT2D eigenvalue weighted by molar-refractivity contribution is 0.102. The average molecular weight is 344 g/mol. The van der Waals surface area contributed by atoms with E-state index >= 15 is 0 Å². The van der Waals surface area contributed by atoms with Gasteiger partial charge < -0.3 is 10.3 Å². The van der Waals surface area contributed by atoms with Crippen molar-refractivity contribution in [2.45, 2.75) is 0 Å². The Morgan fingerprint density at radius 2 is 1.48 bits per heavy atom. The van der Waals surface area contributed by atoms with Gasteiger partial charge in [-0.1, -0.05) is 12.1 Å². The van der Waals surface area contributed by atoms with E-state index in [2.05, 4.69) is 10.3 Å². The summed E-state index contributed by atoms with van der Waals surface area (Å²) in [5, 5.41) is 2.44. The van der Waals surface area contributed by atoms with E-state index in [1.165, 1.54) is 30.3 Å². The third kappa shape index (κ3) is 3.45. The molecule has 0 saturated carbocycles. The molecule has 0 aliphatic heterocycles. The van der Waals surface area contributed by atoms with Crippen LogP contribution in [0.1, 0.15) is 26.5 Å². The number of hydrogen-bond donors (Lipinski definition) is 2. The number of benzene rings is 2. The van der Waals surface area contributed by atoms with Gasteiger partial charge in [0, 0.05) is 5.69 Å². The van der Waals surface area contributed by atoms with E-state index in [1.54, 1.807) is 0 Å². The normalized spacial score (nSPS) is 10.5. The van der Waals surface area contributed by atoms with Crippen LogP contribution >= 0.6 is 0 Å². The van der Waals surface area contributed by atoms with Gasteiger partial charge in [-0.25, -0.2) is 13.2 Å². The van der Waals surface area contributed by atoms with Crippen LogP contribution in [0.3, 0.4) is 0 Å². The van der Waals surface area contributed by atoms with Crippen LogP contribution in [0.15, 0.2) is 54.6 Å². The Balaban J connectivity index is 1.82. The van der Waals surface area contributed by atoms with E-state index in [0.29, 0.717) is 0 Å². The zero-order chi connectivity index (χ0) is 18.0. The number of nitrogens with one attached hydrogen (secondary N) is 2. The molecular weight excluding hydrogens is 333 g/mol. The maximum Gasteiger partial charge on any atom is 0.272 e. The van der Waals surface area contributed by atoms with Crippen LogP contribution < -0.4 is 5.32 Å². The third-order valence-corrected chi connectivity index (χ3v) is 3.45. The van der Waals surface area contributed by atoms with Crippen molar-refractivity contribution in [1.29, 1.82) is 0 Å². The van der Waals surface area contributed by atoms with Crippen molar-refractivity contribution >= 4 is 17.4 Å². The van der Waals surface area contributed by atoms with Crippen molar-refractivity contribution in [2.24, 2.45) is 0 Å². The second kappa shape index (κ2) is 6.64. The fourth-order valence-electron chi connectivity index (χ4n) is 2.27. The molecule has 1 heterocycles. The van der Waals surface area contributed by atoms with E-state index in [9.17, 15) is 22.8 Å². The molecule has 0 radical (unpaired) electrons. The van der Waals surface area contributed by atoms with Crippen LogP contribution in [-0.2, 0) is 0 Å². The lowest BCUT2D eigenvalue weighted by Gasteiger charge is -2.04. The molecule has 3 aromatic rings. The molecule has 1 aromatic heterocycles. The molecule has 0 atom stereocenters. The first-order chi connectivity index (χ1) is 12.0. The van der Waals surface area contributed by atoms with Crippen LogP contribution in [-0.4, -0.2) is 16.7 Å². The van der Waals surface area contributed by atoms with Gasteiger partial charge in [0.25, 0.3) is 5.91 Å². The number of aromatic amines is 1. The zero-order valence-electron chi connectivity index (χ0n) is 12.6. The molecule has 3 rings (SSSR count). The molecule has 2 aromatic carbocycles. The van der Waals surface area contributed by atoms with E-state index in [1.807, 2.05) is 0 Å². The zero-order valence-corrected chi connectivity index (χ0v) is 12.6. The molecular formula is C18H11F3N2O2. The van der Waals surface area contributed by atoms with E-state index in [0.717, 1.165) is 24.3 Å². The number of amides is 1. The highest BCUT2D eigenvalue weighted by atomic mass is 19.1. The lowest BCUT2D eigenvalue weighted by Crippen LogP contribution is -2.13. The Morgan fingerprint density at radius 1 is 0.840 bits per heavy atom. The van der Waals surface area contributed by atoms with Crippen molar-refractivity contribution in [3.05, 3.63) is 89.0 Å². The van der Waals surface area contributed by atoms with Gasteiger partial charge in [-0.3, -0.25) is 9.59 Å². The van der Waals surface area contributed by atoms with Gasteiger partial charge in [0.1, 0.15) is 23.1 Å². The predicted molar refractivity (Wildman–Crippen MR) is 84.9 cm³/mol. The smallest absolute Gasteiger partial charge is 0.272 e. The number of rotatable bonds is 4. The van der Waals surface area contributed by atoms with Gasteiger partial charge in [-0.2, -0.15) is 0 Å². The summed E-state index contributed by atoms with van der Waals surface area (Å²) in [6.45, 7) is 0. The number of ketones is 1. The standard InChI is InChI=1S/C18H11F3N2O2/c19-10-3-1-4-11(9-10)22-18(25)15-8-7-14(23-15)17(24)16-12(20)5-2-6-13(16)21/h1-9,23H,(H,22,25). The SMILES string of the molecule is O=C(Nc1cccc(F)c1)c1ccc(C(=O)c2c(F)cccc2F)[nH]1. The first-order valence-electron chi connectivity index (χ1n) is 7.20. The van der Waals surface area contributed by atoms with Crippen LogP contribution in [0, 0.1) is 17.5 Å². The Hall–Kier alpha value is -3.35. The van der Waals surface area contributed by atoms with Gasteiger partial charge in [0.2, 0.25) is 5.78 Å². The maximum absolute atomic E-state index is 13.7. The fourth-order valence-corrected chi connectivity index (χ4v) is 2.27. The minimum absolute atomic E-state index is 0.00985. The van der Waals surface area contributed by atoms with E-state index < -0.39 is 34.7 Å².